The first-order chi connectivity index (χ1) is 11.4. The maximum atomic E-state index is 12.2. The van der Waals surface area contributed by atoms with Crippen LogP contribution in [0.5, 0.6) is 5.75 Å². The summed E-state index contributed by atoms with van der Waals surface area (Å²) in [5, 5.41) is 14.9. The van der Waals surface area contributed by atoms with Gasteiger partial charge in [0.05, 0.1) is 17.0 Å². The van der Waals surface area contributed by atoms with Crippen LogP contribution in [0.15, 0.2) is 56.5 Å². The van der Waals surface area contributed by atoms with Gasteiger partial charge in [-0.25, -0.2) is 5.43 Å². The van der Waals surface area contributed by atoms with E-state index < -0.39 is 5.91 Å². The molecule has 3 aromatic rings. The summed E-state index contributed by atoms with van der Waals surface area (Å²) in [7, 11) is 0. The fraction of sp³-hybridized carbons (Fsp3) is 0.0588. The average molecular weight is 451 g/mol. The Morgan fingerprint density at radius 2 is 1.83 bits per heavy atom. The Kier molecular flexibility index (Phi) is 4.73. The molecule has 5 nitrogen and oxygen atoms in total. The van der Waals surface area contributed by atoms with Crippen LogP contribution < -0.4 is 5.43 Å². The van der Waals surface area contributed by atoms with Crippen LogP contribution >= 0.6 is 31.9 Å². The molecule has 1 amide bonds. The lowest BCUT2D eigenvalue weighted by molar-refractivity contribution is 0.0952. The molecule has 24 heavy (non-hydrogen) atoms. The molecule has 7 heteroatoms. The number of rotatable bonds is 3. The van der Waals surface area contributed by atoms with Gasteiger partial charge in [0.1, 0.15) is 5.75 Å². The van der Waals surface area contributed by atoms with E-state index in [1.54, 1.807) is 13.0 Å². The number of aromatic hydroxyl groups is 1. The lowest BCUT2D eigenvalue weighted by Gasteiger charge is -2.04. The number of carbonyl (C=O) groups excluding carboxylic acids is 1. The van der Waals surface area contributed by atoms with Gasteiger partial charge in [0.25, 0.3) is 5.91 Å². The molecule has 0 saturated carbocycles. The normalized spacial score (nSPS) is 11.7. The van der Waals surface area contributed by atoms with Crippen LogP contribution in [0.3, 0.4) is 0 Å². The number of nitrogens with zero attached hydrogens (tertiary/aromatic N) is 1. The Morgan fingerprint density at radius 3 is 2.62 bits per heavy atom. The molecule has 0 aliphatic rings. The van der Waals surface area contributed by atoms with Crippen molar-refractivity contribution in [1.29, 1.82) is 0 Å². The quantitative estimate of drug-likeness (QED) is 0.404. The van der Waals surface area contributed by atoms with Crippen LogP contribution in [0.1, 0.15) is 23.0 Å². The minimum absolute atomic E-state index is 0.0981. The first kappa shape index (κ1) is 16.7. The topological polar surface area (TPSA) is 77.5 Å². The summed E-state index contributed by atoms with van der Waals surface area (Å²) >= 11 is 6.71. The van der Waals surface area contributed by atoms with E-state index in [4.69, 9.17) is 0 Å². The molecule has 3 rings (SSSR count). The number of H-pyrrole nitrogens is 1. The van der Waals surface area contributed by atoms with E-state index in [0.29, 0.717) is 10.2 Å². The Morgan fingerprint density at radius 1 is 1.12 bits per heavy atom. The average Bonchev–Trinajstić information content (AvgIpc) is 2.97. The van der Waals surface area contributed by atoms with Crippen molar-refractivity contribution in [3.05, 3.63) is 62.7 Å². The van der Waals surface area contributed by atoms with Gasteiger partial charge in [-0.15, -0.1) is 0 Å². The standard InChI is InChI=1S/C17H13Br2N3O2/c1-9(15-7-10-6-11(18)2-4-14(10)20-15)21-22-17(24)13-8-12(19)3-5-16(13)23/h2-8,20,23H,1H3,(H,22,24). The number of aromatic nitrogens is 1. The van der Waals surface area contributed by atoms with Crippen LogP contribution in [-0.4, -0.2) is 21.7 Å². The van der Waals surface area contributed by atoms with Gasteiger partial charge in [0, 0.05) is 19.8 Å². The van der Waals surface area contributed by atoms with E-state index in [1.807, 2.05) is 24.3 Å². The molecule has 3 N–H and O–H groups in total. The summed E-state index contributed by atoms with van der Waals surface area (Å²) in [4.78, 5) is 15.4. The van der Waals surface area contributed by atoms with Gasteiger partial charge in [-0.1, -0.05) is 31.9 Å². The van der Waals surface area contributed by atoms with Gasteiger partial charge in [0.15, 0.2) is 0 Å². The Balaban J connectivity index is 1.82. The number of aromatic amines is 1. The van der Waals surface area contributed by atoms with Crippen molar-refractivity contribution in [1.82, 2.24) is 10.4 Å². The predicted octanol–water partition coefficient (Wildman–Crippen LogP) is 4.55. The highest BCUT2D eigenvalue weighted by Crippen LogP contribution is 2.22. The van der Waals surface area contributed by atoms with Crippen molar-refractivity contribution < 1.29 is 9.90 Å². The highest BCUT2D eigenvalue weighted by Gasteiger charge is 2.11. The number of benzene rings is 2. The fourth-order valence-corrected chi connectivity index (χ4v) is 2.98. The van der Waals surface area contributed by atoms with E-state index in [-0.39, 0.29) is 11.3 Å². The zero-order valence-electron chi connectivity index (χ0n) is 12.6. The van der Waals surface area contributed by atoms with Gasteiger partial charge in [0.2, 0.25) is 0 Å². The predicted molar refractivity (Wildman–Crippen MR) is 101 cm³/mol. The van der Waals surface area contributed by atoms with E-state index in [0.717, 1.165) is 21.1 Å². The molecule has 0 unspecified atom stereocenters. The van der Waals surface area contributed by atoms with Gasteiger partial charge in [-0.3, -0.25) is 4.79 Å². The SMILES string of the molecule is CC(=NNC(=O)c1cc(Br)ccc1O)c1cc2cc(Br)ccc2[nH]1. The summed E-state index contributed by atoms with van der Waals surface area (Å²) in [6.07, 6.45) is 0. The molecule has 1 aromatic heterocycles. The van der Waals surface area contributed by atoms with E-state index in [2.05, 4.69) is 47.4 Å². The van der Waals surface area contributed by atoms with Crippen molar-refractivity contribution in [3.63, 3.8) is 0 Å². The van der Waals surface area contributed by atoms with Crippen molar-refractivity contribution in [2.24, 2.45) is 5.10 Å². The van der Waals surface area contributed by atoms with Gasteiger partial charge in [-0.2, -0.15) is 5.10 Å². The third-order valence-corrected chi connectivity index (χ3v) is 4.49. The number of fused-ring (bicyclic) bond motifs is 1. The van der Waals surface area contributed by atoms with E-state index >= 15 is 0 Å². The largest absolute Gasteiger partial charge is 0.507 e. The molecular weight excluding hydrogens is 438 g/mol. The number of nitrogens with one attached hydrogen (secondary N) is 2. The van der Waals surface area contributed by atoms with E-state index in [1.165, 1.54) is 12.1 Å². The molecule has 0 saturated heterocycles. The Hall–Kier alpha value is -2.12. The number of phenolic OH excluding ortho intramolecular Hbond substituents is 1. The number of hydrogen-bond donors (Lipinski definition) is 3. The molecule has 122 valence electrons. The minimum atomic E-state index is -0.480. The molecule has 0 bridgehead atoms. The summed E-state index contributed by atoms with van der Waals surface area (Å²) in [5.41, 5.74) is 5.04. The maximum Gasteiger partial charge on any atom is 0.275 e. The zero-order chi connectivity index (χ0) is 17.3. The fourth-order valence-electron chi connectivity index (χ4n) is 2.24. The summed E-state index contributed by atoms with van der Waals surface area (Å²) in [6, 6.07) is 12.5. The van der Waals surface area contributed by atoms with Crippen LogP contribution in [0.2, 0.25) is 0 Å². The van der Waals surface area contributed by atoms with E-state index in [9.17, 15) is 9.90 Å². The molecule has 0 aliphatic heterocycles. The molecule has 2 aromatic carbocycles. The number of carbonyl (C=O) groups is 1. The highest BCUT2D eigenvalue weighted by atomic mass is 79.9. The second kappa shape index (κ2) is 6.78. The Labute approximate surface area is 155 Å². The first-order valence-corrected chi connectivity index (χ1v) is 8.64. The second-order valence-electron chi connectivity index (χ2n) is 5.21. The van der Waals surface area contributed by atoms with Crippen LogP contribution in [0.25, 0.3) is 10.9 Å². The highest BCUT2D eigenvalue weighted by molar-refractivity contribution is 9.10. The van der Waals surface area contributed by atoms with Gasteiger partial charge in [-0.05, 0) is 49.4 Å². The number of hydrogen-bond acceptors (Lipinski definition) is 3. The lowest BCUT2D eigenvalue weighted by atomic mass is 10.2. The number of hydrazone groups is 1. The minimum Gasteiger partial charge on any atom is -0.507 e. The number of amides is 1. The van der Waals surface area contributed by atoms with Crippen LogP contribution in [0, 0.1) is 0 Å². The van der Waals surface area contributed by atoms with Crippen molar-refractivity contribution in [2.45, 2.75) is 6.92 Å². The zero-order valence-corrected chi connectivity index (χ0v) is 15.8. The lowest BCUT2D eigenvalue weighted by Crippen LogP contribution is -2.19. The molecule has 0 spiro atoms. The number of phenols is 1. The monoisotopic (exact) mass is 449 g/mol. The summed E-state index contributed by atoms with van der Waals surface area (Å²) in [6.45, 7) is 1.79. The summed E-state index contributed by atoms with van der Waals surface area (Å²) in [5.74, 6) is -0.578. The maximum absolute atomic E-state index is 12.2. The molecule has 1 heterocycles. The Bertz CT molecular complexity index is 964. The number of halogens is 2. The van der Waals surface area contributed by atoms with Crippen molar-refractivity contribution >= 4 is 54.4 Å². The third kappa shape index (κ3) is 3.52. The van der Waals surface area contributed by atoms with Crippen LogP contribution in [-0.2, 0) is 0 Å². The smallest absolute Gasteiger partial charge is 0.275 e. The third-order valence-electron chi connectivity index (χ3n) is 3.50. The van der Waals surface area contributed by atoms with Crippen LogP contribution in [0.4, 0.5) is 0 Å². The molecule has 0 aliphatic carbocycles. The molecular formula is C17H13Br2N3O2. The van der Waals surface area contributed by atoms with Gasteiger partial charge < -0.3 is 10.1 Å². The second-order valence-corrected chi connectivity index (χ2v) is 7.05. The molecule has 0 atom stereocenters. The molecule has 0 fully saturated rings. The van der Waals surface area contributed by atoms with Gasteiger partial charge >= 0.3 is 0 Å². The van der Waals surface area contributed by atoms with Crippen molar-refractivity contribution in [3.8, 4) is 5.75 Å². The summed E-state index contributed by atoms with van der Waals surface area (Å²) < 4.78 is 1.70. The molecule has 0 radical (unpaired) electrons. The first-order valence-electron chi connectivity index (χ1n) is 7.06. The van der Waals surface area contributed by atoms with Crippen molar-refractivity contribution in [2.75, 3.05) is 0 Å².